The molecule has 0 amide bonds. The molecule has 1 N–H and O–H groups in total. The van der Waals surface area contributed by atoms with Crippen molar-refractivity contribution in [2.45, 2.75) is 0 Å². The summed E-state index contributed by atoms with van der Waals surface area (Å²) < 4.78 is 13.8. The Balaban J connectivity index is 4.31. The lowest BCUT2D eigenvalue weighted by Gasteiger charge is -2.18. The van der Waals surface area contributed by atoms with Crippen LogP contribution in [0.4, 0.5) is 4.79 Å². The molecule has 0 heterocycles. The van der Waals surface area contributed by atoms with Gasteiger partial charge in [0.25, 0.3) is 0 Å². The first-order chi connectivity index (χ1) is 4.63. The van der Waals surface area contributed by atoms with Crippen molar-refractivity contribution in [2.24, 2.45) is 0 Å². The lowest BCUT2D eigenvalue weighted by atomic mass is 11.6. The van der Waals surface area contributed by atoms with Gasteiger partial charge in [0.1, 0.15) is 0 Å². The van der Waals surface area contributed by atoms with Gasteiger partial charge in [0.05, 0.1) is 0 Å². The lowest BCUT2D eigenvalue weighted by Crippen LogP contribution is -2.50. The molecule has 0 aromatic rings. The van der Waals surface area contributed by atoms with Gasteiger partial charge < -0.3 is 18.4 Å². The Kier molecular flexibility index (Phi) is 3.51. The summed E-state index contributed by atoms with van der Waals surface area (Å²) in [6, 6.07) is 0. The molecule has 0 saturated carbocycles. The van der Waals surface area contributed by atoms with E-state index in [0.29, 0.717) is 0 Å². The van der Waals surface area contributed by atoms with E-state index in [4.69, 9.17) is 5.11 Å². The predicted octanol–water partition coefficient (Wildman–Crippen LogP) is 0.124. The highest BCUT2D eigenvalue weighted by Crippen LogP contribution is 2.05. The molecule has 0 aliphatic heterocycles. The molecule has 0 rings (SSSR count). The number of rotatable bonds is 4. The molecule has 10 heavy (non-hydrogen) atoms. The fraction of sp³-hybridized carbons (Fsp3) is 0.750. The molecule has 0 aromatic heterocycles. The maximum absolute atomic E-state index is 10.4. The zero-order valence-corrected chi connectivity index (χ0v) is 7.08. The van der Waals surface area contributed by atoms with E-state index in [-0.39, 0.29) is 0 Å². The first-order valence-electron chi connectivity index (χ1n) is 2.51. The molecule has 6 heteroatoms. The summed E-state index contributed by atoms with van der Waals surface area (Å²) in [6.45, 7) is 0. The molecule has 0 saturated heterocycles. The summed E-state index contributed by atoms with van der Waals surface area (Å²) in [5, 5.41) is 8.51. The van der Waals surface area contributed by atoms with Gasteiger partial charge in [-0.1, -0.05) is 0 Å². The lowest BCUT2D eigenvalue weighted by molar-refractivity contribution is 0.113. The number of hydrogen-bond donors (Lipinski definition) is 1. The van der Waals surface area contributed by atoms with Crippen LogP contribution in [-0.2, 0) is 13.3 Å². The highest BCUT2D eigenvalue weighted by Gasteiger charge is 2.48. The smallest absolute Gasteiger partial charge is 0.479 e. The van der Waals surface area contributed by atoms with Gasteiger partial charge in [-0.2, -0.15) is 0 Å². The van der Waals surface area contributed by atoms with Crippen molar-refractivity contribution in [3.63, 3.8) is 0 Å². The van der Waals surface area contributed by atoms with Crippen LogP contribution in [0.2, 0.25) is 0 Å². The maximum atomic E-state index is 10.4. The maximum Gasteiger partial charge on any atom is 0.620 e. The SMILES string of the molecule is CO[Si](OC)(OC)C(=O)O. The van der Waals surface area contributed by atoms with Gasteiger partial charge in [0, 0.05) is 21.3 Å². The fourth-order valence-corrected chi connectivity index (χ4v) is 1.54. The second-order valence-corrected chi connectivity index (χ2v) is 4.24. The summed E-state index contributed by atoms with van der Waals surface area (Å²) in [7, 11) is 0.352. The molecule has 0 bridgehead atoms. The van der Waals surface area contributed by atoms with Crippen LogP contribution in [0.3, 0.4) is 0 Å². The standard InChI is InChI=1S/C4H10O5Si/c1-7-10(8-2,9-3)4(5)6/h1-3H3,(H,5,6). The fourth-order valence-electron chi connectivity index (χ4n) is 0.512. The minimum atomic E-state index is -3.38. The minimum Gasteiger partial charge on any atom is -0.479 e. The second kappa shape index (κ2) is 3.67. The molecular weight excluding hydrogens is 156 g/mol. The highest BCUT2D eigenvalue weighted by atomic mass is 28.4. The zero-order chi connectivity index (χ0) is 8.20. The third-order valence-corrected chi connectivity index (χ3v) is 3.20. The van der Waals surface area contributed by atoms with E-state index < -0.39 is 14.4 Å². The molecule has 0 fully saturated rings. The molecule has 0 aliphatic rings. The third kappa shape index (κ3) is 1.54. The topological polar surface area (TPSA) is 65.0 Å². The van der Waals surface area contributed by atoms with Gasteiger partial charge >= 0.3 is 14.4 Å². The highest BCUT2D eigenvalue weighted by molar-refractivity contribution is 6.90. The van der Waals surface area contributed by atoms with Crippen molar-refractivity contribution in [2.75, 3.05) is 21.3 Å². The van der Waals surface area contributed by atoms with E-state index in [1.165, 1.54) is 21.3 Å². The monoisotopic (exact) mass is 166 g/mol. The largest absolute Gasteiger partial charge is 0.620 e. The van der Waals surface area contributed by atoms with Gasteiger partial charge in [0.15, 0.2) is 0 Å². The number of carboxylic acid groups (broad SMARTS) is 1. The molecule has 0 aliphatic carbocycles. The Bertz CT molecular complexity index is 113. The molecule has 0 radical (unpaired) electrons. The summed E-state index contributed by atoms with van der Waals surface area (Å²) in [6.07, 6.45) is 0. The van der Waals surface area contributed by atoms with Crippen LogP contribution in [0, 0.1) is 0 Å². The van der Waals surface area contributed by atoms with Crippen LogP contribution < -0.4 is 0 Å². The van der Waals surface area contributed by atoms with E-state index in [9.17, 15) is 4.79 Å². The van der Waals surface area contributed by atoms with E-state index in [1.807, 2.05) is 0 Å². The van der Waals surface area contributed by atoms with E-state index >= 15 is 0 Å². The van der Waals surface area contributed by atoms with E-state index in [0.717, 1.165) is 0 Å². The van der Waals surface area contributed by atoms with Crippen LogP contribution in [0.15, 0.2) is 0 Å². The third-order valence-electron chi connectivity index (χ3n) is 1.07. The first kappa shape index (κ1) is 9.57. The Morgan fingerprint density at radius 3 is 1.50 bits per heavy atom. The molecule has 60 valence electrons. The molecular formula is C4H10O5Si. The van der Waals surface area contributed by atoms with E-state index in [2.05, 4.69) is 13.3 Å². The number of hydrogen-bond acceptors (Lipinski definition) is 4. The zero-order valence-electron chi connectivity index (χ0n) is 6.08. The van der Waals surface area contributed by atoms with E-state index in [1.54, 1.807) is 0 Å². The predicted molar refractivity (Wildman–Crippen MR) is 34.8 cm³/mol. The first-order valence-corrected chi connectivity index (χ1v) is 4.24. The average molecular weight is 166 g/mol. The van der Waals surface area contributed by atoms with Crippen LogP contribution in [-0.4, -0.2) is 40.8 Å². The molecule has 0 atom stereocenters. The van der Waals surface area contributed by atoms with Crippen molar-refractivity contribution in [1.82, 2.24) is 0 Å². The summed E-state index contributed by atoms with van der Waals surface area (Å²) in [4.78, 5) is 10.4. The van der Waals surface area contributed by atoms with Gasteiger partial charge in [-0.05, 0) is 0 Å². The van der Waals surface area contributed by atoms with Crippen molar-refractivity contribution in [3.8, 4) is 0 Å². The Morgan fingerprint density at radius 1 is 1.20 bits per heavy atom. The van der Waals surface area contributed by atoms with Gasteiger partial charge in [-0.3, -0.25) is 0 Å². The quantitative estimate of drug-likeness (QED) is 0.601. The molecule has 5 nitrogen and oxygen atoms in total. The molecule has 0 spiro atoms. The average Bonchev–Trinajstić information content (AvgIpc) is 1.92. The van der Waals surface area contributed by atoms with Crippen molar-refractivity contribution < 1.29 is 23.2 Å². The van der Waals surface area contributed by atoms with Crippen LogP contribution in [0.25, 0.3) is 0 Å². The van der Waals surface area contributed by atoms with Crippen molar-refractivity contribution >= 4 is 14.4 Å². The van der Waals surface area contributed by atoms with Gasteiger partial charge in [-0.15, -0.1) is 0 Å². The van der Waals surface area contributed by atoms with Crippen LogP contribution in [0.5, 0.6) is 0 Å². The summed E-state index contributed by atoms with van der Waals surface area (Å²) in [5.41, 5.74) is -1.18. The summed E-state index contributed by atoms with van der Waals surface area (Å²) >= 11 is 0. The van der Waals surface area contributed by atoms with Crippen LogP contribution in [0.1, 0.15) is 0 Å². The van der Waals surface area contributed by atoms with Crippen LogP contribution >= 0.6 is 0 Å². The Hall–Kier alpha value is -0.433. The second-order valence-electron chi connectivity index (χ2n) is 1.47. The molecule has 0 aromatic carbocycles. The number of carbonyl (C=O) groups is 1. The van der Waals surface area contributed by atoms with Gasteiger partial charge in [0.2, 0.25) is 0 Å². The normalized spacial score (nSPS) is 11.5. The Labute approximate surface area is 59.9 Å². The van der Waals surface area contributed by atoms with Crippen molar-refractivity contribution in [1.29, 1.82) is 0 Å². The molecule has 0 unspecified atom stereocenters. The van der Waals surface area contributed by atoms with Gasteiger partial charge in [-0.25, -0.2) is 4.79 Å². The van der Waals surface area contributed by atoms with Crippen molar-refractivity contribution in [3.05, 3.63) is 0 Å². The Morgan fingerprint density at radius 2 is 1.50 bits per heavy atom. The summed E-state index contributed by atoms with van der Waals surface area (Å²) in [5.74, 6) is 0. The minimum absolute atomic E-state index is 1.18.